The summed E-state index contributed by atoms with van der Waals surface area (Å²) in [5, 5.41) is 10.4. The van der Waals surface area contributed by atoms with E-state index in [1.54, 1.807) is 0 Å². The van der Waals surface area contributed by atoms with Crippen molar-refractivity contribution in [1.29, 1.82) is 0 Å². The van der Waals surface area contributed by atoms with Gasteiger partial charge in [0.25, 0.3) is 0 Å². The van der Waals surface area contributed by atoms with Gasteiger partial charge in [-0.05, 0) is 29.8 Å². The Kier molecular flexibility index (Phi) is 4.32. The second-order valence-corrected chi connectivity index (χ2v) is 6.60. The molecule has 2 heterocycles. The molecule has 0 amide bonds. The largest absolute Gasteiger partial charge is 0.388 e. The minimum atomic E-state index is -0.155. The maximum absolute atomic E-state index is 5.59. The predicted molar refractivity (Wildman–Crippen MR) is 104 cm³/mol. The van der Waals surface area contributed by atoms with Crippen LogP contribution in [0.3, 0.4) is 0 Å². The standard InChI is InChI=1S/C20H24N4O/c1-21-16-8-6-15(7-9-16)14-22-19-20(10-12-25-13-11-20)24-18-5-3-2-4-17(18)23-19/h2-9,21,24H,10-14H2,1H3,(H,22,23). The van der Waals surface area contributed by atoms with Crippen molar-refractivity contribution in [2.45, 2.75) is 24.9 Å². The van der Waals surface area contributed by atoms with E-state index < -0.39 is 0 Å². The van der Waals surface area contributed by atoms with Gasteiger partial charge in [-0.1, -0.05) is 24.3 Å². The van der Waals surface area contributed by atoms with Crippen LogP contribution in [0.25, 0.3) is 0 Å². The minimum absolute atomic E-state index is 0.155. The number of benzene rings is 2. The van der Waals surface area contributed by atoms with Gasteiger partial charge >= 0.3 is 0 Å². The molecule has 2 aromatic rings. The molecule has 2 aromatic carbocycles. The summed E-state index contributed by atoms with van der Waals surface area (Å²) in [5.74, 6) is 1.02. The molecule has 3 N–H and O–H groups in total. The molecule has 130 valence electrons. The molecule has 0 saturated carbocycles. The van der Waals surface area contributed by atoms with Crippen molar-refractivity contribution in [2.75, 3.05) is 36.2 Å². The van der Waals surface area contributed by atoms with Gasteiger partial charge in [-0.2, -0.15) is 0 Å². The fraction of sp³-hybridized carbons (Fsp3) is 0.350. The highest BCUT2D eigenvalue weighted by Gasteiger charge is 2.41. The molecule has 1 spiro atoms. The molecule has 0 radical (unpaired) electrons. The number of nitrogens with zero attached hydrogens (tertiary/aromatic N) is 1. The monoisotopic (exact) mass is 336 g/mol. The number of hydrogen-bond acceptors (Lipinski definition) is 4. The third kappa shape index (κ3) is 3.20. The van der Waals surface area contributed by atoms with Crippen molar-refractivity contribution in [3.05, 3.63) is 54.1 Å². The van der Waals surface area contributed by atoms with E-state index in [4.69, 9.17) is 9.73 Å². The Labute approximate surface area is 148 Å². The first-order valence-corrected chi connectivity index (χ1v) is 8.83. The van der Waals surface area contributed by atoms with Crippen molar-refractivity contribution >= 4 is 22.9 Å². The molecule has 1 fully saturated rings. The summed E-state index contributed by atoms with van der Waals surface area (Å²) < 4.78 is 5.59. The van der Waals surface area contributed by atoms with Crippen LogP contribution in [0.15, 0.2) is 53.5 Å². The summed E-state index contributed by atoms with van der Waals surface area (Å²) in [6, 6.07) is 16.7. The van der Waals surface area contributed by atoms with Crippen LogP contribution >= 0.6 is 0 Å². The van der Waals surface area contributed by atoms with Gasteiger partial charge in [0.2, 0.25) is 0 Å². The van der Waals surface area contributed by atoms with Gasteiger partial charge < -0.3 is 20.7 Å². The fourth-order valence-electron chi connectivity index (χ4n) is 3.48. The molecule has 0 bridgehead atoms. The van der Waals surface area contributed by atoms with Gasteiger partial charge in [0, 0.05) is 38.8 Å². The Morgan fingerprint density at radius 1 is 1.04 bits per heavy atom. The predicted octanol–water partition coefficient (Wildman–Crippen LogP) is 3.71. The smallest absolute Gasteiger partial charge is 0.127 e. The summed E-state index contributed by atoms with van der Waals surface area (Å²) >= 11 is 0. The van der Waals surface area contributed by atoms with E-state index >= 15 is 0 Å². The van der Waals surface area contributed by atoms with Crippen LogP contribution in [0.1, 0.15) is 18.4 Å². The highest BCUT2D eigenvalue weighted by Crippen LogP contribution is 2.36. The number of nitrogens with one attached hydrogen (secondary N) is 3. The number of rotatable bonds is 3. The molecule has 0 atom stereocenters. The zero-order valence-corrected chi connectivity index (χ0v) is 14.5. The Morgan fingerprint density at radius 2 is 1.76 bits per heavy atom. The quantitative estimate of drug-likeness (QED) is 0.800. The molecule has 25 heavy (non-hydrogen) atoms. The third-order valence-electron chi connectivity index (χ3n) is 5.02. The summed E-state index contributed by atoms with van der Waals surface area (Å²) in [6.07, 6.45) is 1.84. The van der Waals surface area contributed by atoms with Gasteiger partial charge in [0.1, 0.15) is 5.84 Å². The SMILES string of the molecule is CNc1ccc(CN=C2Nc3ccccc3NC23CCOCC3)cc1. The maximum atomic E-state index is 5.59. The Hall–Kier alpha value is -2.53. The van der Waals surface area contributed by atoms with E-state index in [0.717, 1.165) is 49.0 Å². The lowest BCUT2D eigenvalue weighted by Gasteiger charge is -2.43. The summed E-state index contributed by atoms with van der Waals surface area (Å²) in [4.78, 5) is 4.95. The van der Waals surface area contributed by atoms with Gasteiger partial charge in [0.15, 0.2) is 0 Å². The number of hydrogen-bond donors (Lipinski definition) is 3. The maximum Gasteiger partial charge on any atom is 0.127 e. The van der Waals surface area contributed by atoms with Crippen LogP contribution < -0.4 is 16.0 Å². The van der Waals surface area contributed by atoms with Crippen LogP contribution in [-0.2, 0) is 11.3 Å². The second kappa shape index (κ2) is 6.76. The molecule has 4 rings (SSSR count). The van der Waals surface area contributed by atoms with Crippen LogP contribution in [0.4, 0.5) is 17.1 Å². The molecule has 0 aromatic heterocycles. The lowest BCUT2D eigenvalue weighted by molar-refractivity contribution is 0.0778. The van der Waals surface area contributed by atoms with Crippen molar-refractivity contribution in [3.63, 3.8) is 0 Å². The highest BCUT2D eigenvalue weighted by atomic mass is 16.5. The summed E-state index contributed by atoms with van der Waals surface area (Å²) in [7, 11) is 1.93. The van der Waals surface area contributed by atoms with Crippen molar-refractivity contribution in [1.82, 2.24) is 0 Å². The lowest BCUT2D eigenvalue weighted by Crippen LogP contribution is -2.55. The molecule has 2 aliphatic heterocycles. The molecule has 0 aliphatic carbocycles. The molecule has 5 nitrogen and oxygen atoms in total. The van der Waals surface area contributed by atoms with E-state index in [9.17, 15) is 0 Å². The Balaban J connectivity index is 1.62. The van der Waals surface area contributed by atoms with E-state index in [0.29, 0.717) is 6.54 Å². The minimum Gasteiger partial charge on any atom is -0.388 e. The third-order valence-corrected chi connectivity index (χ3v) is 5.02. The molecular weight excluding hydrogens is 312 g/mol. The van der Waals surface area contributed by atoms with Gasteiger partial charge in [0.05, 0.1) is 23.5 Å². The first-order valence-electron chi connectivity index (χ1n) is 8.83. The van der Waals surface area contributed by atoms with Gasteiger partial charge in [-0.3, -0.25) is 4.99 Å². The van der Waals surface area contributed by atoms with Crippen LogP contribution in [0, 0.1) is 0 Å². The zero-order valence-electron chi connectivity index (χ0n) is 14.5. The van der Waals surface area contributed by atoms with E-state index in [1.165, 1.54) is 5.56 Å². The topological polar surface area (TPSA) is 57.7 Å². The number of amidine groups is 1. The lowest BCUT2D eigenvalue weighted by atomic mass is 9.86. The summed E-state index contributed by atoms with van der Waals surface area (Å²) in [5.41, 5.74) is 4.39. The Morgan fingerprint density at radius 3 is 2.48 bits per heavy atom. The van der Waals surface area contributed by atoms with Gasteiger partial charge in [-0.15, -0.1) is 0 Å². The number of aliphatic imine (C=N–C) groups is 1. The first-order chi connectivity index (χ1) is 12.3. The number of ether oxygens (including phenoxy) is 1. The normalized spacial score (nSPS) is 19.8. The number of anilines is 3. The average Bonchev–Trinajstić information content (AvgIpc) is 2.67. The molecule has 0 unspecified atom stereocenters. The first kappa shape index (κ1) is 16.0. The van der Waals surface area contributed by atoms with E-state index in [1.807, 2.05) is 13.1 Å². The van der Waals surface area contributed by atoms with Crippen molar-refractivity contribution in [3.8, 4) is 0 Å². The summed E-state index contributed by atoms with van der Waals surface area (Å²) in [6.45, 7) is 2.18. The number of para-hydroxylation sites is 2. The molecule has 5 heteroatoms. The molecular formula is C20H24N4O. The number of fused-ring (bicyclic) bond motifs is 1. The molecule has 2 aliphatic rings. The van der Waals surface area contributed by atoms with E-state index in [2.05, 4.69) is 58.4 Å². The highest BCUT2D eigenvalue weighted by molar-refractivity contribution is 6.09. The van der Waals surface area contributed by atoms with Crippen LogP contribution in [0.2, 0.25) is 0 Å². The van der Waals surface area contributed by atoms with Gasteiger partial charge in [-0.25, -0.2) is 0 Å². The Bertz CT molecular complexity index is 764. The fourth-order valence-corrected chi connectivity index (χ4v) is 3.48. The second-order valence-electron chi connectivity index (χ2n) is 6.60. The van der Waals surface area contributed by atoms with E-state index in [-0.39, 0.29) is 5.54 Å². The van der Waals surface area contributed by atoms with Crippen LogP contribution in [0.5, 0.6) is 0 Å². The van der Waals surface area contributed by atoms with Crippen LogP contribution in [-0.4, -0.2) is 31.6 Å². The average molecular weight is 336 g/mol. The van der Waals surface area contributed by atoms with Crippen molar-refractivity contribution in [2.24, 2.45) is 4.99 Å². The zero-order chi connectivity index (χ0) is 17.1. The van der Waals surface area contributed by atoms with Crippen molar-refractivity contribution < 1.29 is 4.74 Å². The molecule has 1 saturated heterocycles.